The van der Waals surface area contributed by atoms with Gasteiger partial charge in [-0.2, -0.15) is 0 Å². The van der Waals surface area contributed by atoms with Crippen molar-refractivity contribution >= 4 is 23.2 Å². The van der Waals surface area contributed by atoms with E-state index in [0.717, 1.165) is 11.3 Å². The van der Waals surface area contributed by atoms with Crippen LogP contribution in [0.3, 0.4) is 0 Å². The molecular weight excluding hydrogens is 341 g/mol. The molecule has 0 aliphatic heterocycles. The van der Waals surface area contributed by atoms with Gasteiger partial charge in [-0.15, -0.1) is 11.3 Å². The predicted molar refractivity (Wildman–Crippen MR) is 98.5 cm³/mol. The number of rotatable bonds is 6. The van der Waals surface area contributed by atoms with Crippen molar-refractivity contribution in [1.82, 2.24) is 20.9 Å². The van der Waals surface area contributed by atoms with E-state index < -0.39 is 0 Å². The molecule has 2 aromatic rings. The highest BCUT2D eigenvalue weighted by Crippen LogP contribution is 2.11. The number of hydrogen-bond acceptors (Lipinski definition) is 4. The van der Waals surface area contributed by atoms with E-state index in [0.29, 0.717) is 36.0 Å². The molecule has 1 amide bonds. The number of aliphatic imine (C=N–C) groups is 1. The number of aromatic nitrogens is 1. The van der Waals surface area contributed by atoms with E-state index in [2.05, 4.69) is 25.9 Å². The van der Waals surface area contributed by atoms with Crippen molar-refractivity contribution in [2.45, 2.75) is 20.4 Å². The molecule has 2 rings (SSSR count). The maximum atomic E-state index is 13.3. The number of thiazole rings is 1. The van der Waals surface area contributed by atoms with Gasteiger partial charge in [-0.05, 0) is 31.0 Å². The second-order valence-electron chi connectivity index (χ2n) is 5.46. The first-order valence-electron chi connectivity index (χ1n) is 7.89. The van der Waals surface area contributed by atoms with Crippen molar-refractivity contribution < 1.29 is 9.18 Å². The van der Waals surface area contributed by atoms with Gasteiger partial charge in [0.05, 0.1) is 11.2 Å². The lowest BCUT2D eigenvalue weighted by Crippen LogP contribution is -2.41. The van der Waals surface area contributed by atoms with Gasteiger partial charge in [0.15, 0.2) is 5.96 Å². The van der Waals surface area contributed by atoms with E-state index in [1.165, 1.54) is 17.4 Å². The number of carbonyl (C=O) groups is 1. The molecule has 0 saturated heterocycles. The molecule has 1 heterocycles. The first-order chi connectivity index (χ1) is 12.0. The van der Waals surface area contributed by atoms with E-state index >= 15 is 0 Å². The molecule has 0 atom stereocenters. The van der Waals surface area contributed by atoms with Crippen LogP contribution < -0.4 is 16.0 Å². The monoisotopic (exact) mass is 363 g/mol. The Morgan fingerprint density at radius 2 is 2.00 bits per heavy atom. The van der Waals surface area contributed by atoms with Crippen LogP contribution in [0.2, 0.25) is 0 Å². The molecule has 8 heteroatoms. The van der Waals surface area contributed by atoms with Crippen LogP contribution in [0.1, 0.15) is 26.5 Å². The van der Waals surface area contributed by atoms with Crippen LogP contribution in [0, 0.1) is 19.7 Å². The number of guanidine groups is 1. The normalized spacial score (nSPS) is 11.3. The maximum absolute atomic E-state index is 13.3. The molecule has 0 bridgehead atoms. The third-order valence-electron chi connectivity index (χ3n) is 3.56. The van der Waals surface area contributed by atoms with Crippen LogP contribution in [-0.4, -0.2) is 37.0 Å². The van der Waals surface area contributed by atoms with Crippen molar-refractivity contribution in [1.29, 1.82) is 0 Å². The first kappa shape index (κ1) is 18.9. The van der Waals surface area contributed by atoms with Crippen LogP contribution in [0.25, 0.3) is 0 Å². The molecule has 0 fully saturated rings. The Balaban J connectivity index is 1.72. The molecule has 0 aliphatic carbocycles. The minimum Gasteiger partial charge on any atom is -0.355 e. The van der Waals surface area contributed by atoms with E-state index in [4.69, 9.17) is 0 Å². The second-order valence-corrected chi connectivity index (χ2v) is 6.31. The Morgan fingerprint density at radius 3 is 2.64 bits per heavy atom. The molecule has 6 nitrogen and oxygen atoms in total. The zero-order valence-electron chi connectivity index (χ0n) is 14.5. The predicted octanol–water partition coefficient (Wildman–Crippen LogP) is 1.99. The summed E-state index contributed by atoms with van der Waals surface area (Å²) in [6.45, 7) is 5.08. The molecule has 1 aromatic heterocycles. The molecule has 0 spiro atoms. The molecule has 0 unspecified atom stereocenters. The highest BCUT2D eigenvalue weighted by Gasteiger charge is 2.10. The van der Waals surface area contributed by atoms with Gasteiger partial charge in [-0.3, -0.25) is 9.79 Å². The van der Waals surface area contributed by atoms with Crippen molar-refractivity contribution in [3.05, 3.63) is 51.2 Å². The molecule has 3 N–H and O–H groups in total. The Hall–Kier alpha value is -2.48. The number of amides is 1. The van der Waals surface area contributed by atoms with Crippen molar-refractivity contribution in [2.24, 2.45) is 4.99 Å². The van der Waals surface area contributed by atoms with Crippen LogP contribution in [0.15, 0.2) is 28.7 Å². The quantitative estimate of drug-likeness (QED) is 0.417. The maximum Gasteiger partial charge on any atom is 0.263 e. The summed E-state index contributed by atoms with van der Waals surface area (Å²) in [7, 11) is 1.67. The summed E-state index contributed by atoms with van der Waals surface area (Å²) in [6, 6.07) is 4.99. The van der Waals surface area contributed by atoms with Gasteiger partial charge >= 0.3 is 0 Å². The third kappa shape index (κ3) is 5.53. The number of nitrogens with zero attached hydrogens (tertiary/aromatic N) is 2. The van der Waals surface area contributed by atoms with Gasteiger partial charge in [0.2, 0.25) is 0 Å². The molecule has 0 saturated carbocycles. The summed E-state index contributed by atoms with van der Waals surface area (Å²) in [4.78, 5) is 20.8. The van der Waals surface area contributed by atoms with Crippen LogP contribution in [0.4, 0.5) is 4.39 Å². The molecule has 1 aromatic carbocycles. The number of benzene rings is 1. The van der Waals surface area contributed by atoms with Gasteiger partial charge in [0, 0.05) is 26.7 Å². The summed E-state index contributed by atoms with van der Waals surface area (Å²) in [6.07, 6.45) is 0. The van der Waals surface area contributed by atoms with Gasteiger partial charge in [0.1, 0.15) is 10.7 Å². The number of hydrogen-bond donors (Lipinski definition) is 3. The zero-order valence-corrected chi connectivity index (χ0v) is 15.3. The average molecular weight is 363 g/mol. The lowest BCUT2D eigenvalue weighted by Gasteiger charge is -2.12. The summed E-state index contributed by atoms with van der Waals surface area (Å²) in [5.74, 6) is 0.287. The summed E-state index contributed by atoms with van der Waals surface area (Å²) in [5, 5.41) is 9.11. The van der Waals surface area contributed by atoms with E-state index in [1.807, 2.05) is 6.92 Å². The smallest absolute Gasteiger partial charge is 0.263 e. The summed E-state index contributed by atoms with van der Waals surface area (Å²) in [5.41, 5.74) is 3.98. The van der Waals surface area contributed by atoms with Crippen LogP contribution >= 0.6 is 11.3 Å². The fourth-order valence-electron chi connectivity index (χ4n) is 2.18. The fraction of sp³-hybridized carbons (Fsp3) is 0.353. The van der Waals surface area contributed by atoms with Crippen LogP contribution in [0.5, 0.6) is 0 Å². The van der Waals surface area contributed by atoms with E-state index in [9.17, 15) is 9.18 Å². The molecular formula is C17H22FN5OS. The average Bonchev–Trinajstić information content (AvgIpc) is 3.03. The largest absolute Gasteiger partial charge is 0.355 e. The lowest BCUT2D eigenvalue weighted by atomic mass is 10.1. The standard InChI is InChI=1S/C17H22FN5OS/c1-11-8-13(4-5-14(11)18)9-22-17(19-3)21-7-6-20-16(24)15-12(2)23-10-25-15/h4-5,8,10H,6-7,9H2,1-3H3,(H,20,24)(H2,19,21,22). The highest BCUT2D eigenvalue weighted by atomic mass is 32.1. The van der Waals surface area contributed by atoms with Gasteiger partial charge in [0.25, 0.3) is 5.91 Å². The number of halogens is 1. The summed E-state index contributed by atoms with van der Waals surface area (Å²) < 4.78 is 13.3. The van der Waals surface area contributed by atoms with E-state index in [1.54, 1.807) is 31.6 Å². The van der Waals surface area contributed by atoms with Gasteiger partial charge < -0.3 is 16.0 Å². The zero-order chi connectivity index (χ0) is 18.2. The second kappa shape index (κ2) is 9.12. The van der Waals surface area contributed by atoms with Crippen molar-refractivity contribution in [3.8, 4) is 0 Å². The third-order valence-corrected chi connectivity index (χ3v) is 4.49. The van der Waals surface area contributed by atoms with Crippen molar-refractivity contribution in [3.63, 3.8) is 0 Å². The molecule has 25 heavy (non-hydrogen) atoms. The fourth-order valence-corrected chi connectivity index (χ4v) is 2.90. The summed E-state index contributed by atoms with van der Waals surface area (Å²) >= 11 is 1.33. The number of carbonyl (C=O) groups excluding carboxylic acids is 1. The number of aryl methyl sites for hydroxylation is 2. The molecule has 134 valence electrons. The lowest BCUT2D eigenvalue weighted by molar-refractivity contribution is 0.0957. The molecule has 0 aliphatic rings. The molecule has 0 radical (unpaired) electrons. The van der Waals surface area contributed by atoms with Gasteiger partial charge in [-0.1, -0.05) is 12.1 Å². The topological polar surface area (TPSA) is 78.4 Å². The Kier molecular flexibility index (Phi) is 6.88. The Bertz CT molecular complexity index is 759. The Morgan fingerprint density at radius 1 is 1.24 bits per heavy atom. The first-order valence-corrected chi connectivity index (χ1v) is 8.77. The SMILES string of the molecule is CN=C(NCCNC(=O)c1scnc1C)NCc1ccc(F)c(C)c1. The van der Waals surface area contributed by atoms with E-state index in [-0.39, 0.29) is 11.7 Å². The Labute approximate surface area is 150 Å². The van der Waals surface area contributed by atoms with Crippen LogP contribution in [-0.2, 0) is 6.54 Å². The van der Waals surface area contributed by atoms with Gasteiger partial charge in [-0.25, -0.2) is 9.37 Å². The minimum atomic E-state index is -0.210. The van der Waals surface area contributed by atoms with Crippen molar-refractivity contribution in [2.75, 3.05) is 20.1 Å². The number of nitrogens with one attached hydrogen (secondary N) is 3. The minimum absolute atomic E-state index is 0.119. The highest BCUT2D eigenvalue weighted by molar-refractivity contribution is 7.11.